The molecule has 1 aromatic heterocycles. The SMILES string of the molecule is CNc1nc(N[C@H](CC(C)C)C(=O)O)nc2ccccc12. The third-order valence-electron chi connectivity index (χ3n) is 3.15. The Labute approximate surface area is 123 Å². The fraction of sp³-hybridized carbons (Fsp3) is 0.400. The lowest BCUT2D eigenvalue weighted by Crippen LogP contribution is -2.31. The molecule has 2 rings (SSSR count). The summed E-state index contributed by atoms with van der Waals surface area (Å²) in [6.45, 7) is 3.97. The summed E-state index contributed by atoms with van der Waals surface area (Å²) in [6.07, 6.45) is 0.514. The average Bonchev–Trinajstić information content (AvgIpc) is 2.45. The highest BCUT2D eigenvalue weighted by Crippen LogP contribution is 2.22. The molecular weight excluding hydrogens is 268 g/mol. The maximum absolute atomic E-state index is 11.3. The van der Waals surface area contributed by atoms with Crippen molar-refractivity contribution < 1.29 is 9.90 Å². The van der Waals surface area contributed by atoms with E-state index in [0.29, 0.717) is 18.2 Å². The molecule has 0 aliphatic carbocycles. The summed E-state index contributed by atoms with van der Waals surface area (Å²) < 4.78 is 0. The molecule has 0 saturated heterocycles. The lowest BCUT2D eigenvalue weighted by Gasteiger charge is -2.17. The van der Waals surface area contributed by atoms with E-state index in [1.54, 1.807) is 7.05 Å². The van der Waals surface area contributed by atoms with Crippen LogP contribution in [0.4, 0.5) is 11.8 Å². The monoisotopic (exact) mass is 288 g/mol. The first kappa shape index (κ1) is 15.0. The van der Waals surface area contributed by atoms with Crippen LogP contribution < -0.4 is 10.6 Å². The first-order valence-electron chi connectivity index (χ1n) is 6.95. The first-order valence-corrected chi connectivity index (χ1v) is 6.95. The van der Waals surface area contributed by atoms with Gasteiger partial charge in [-0.2, -0.15) is 4.98 Å². The number of carboxylic acid groups (broad SMARTS) is 1. The van der Waals surface area contributed by atoms with Gasteiger partial charge < -0.3 is 15.7 Å². The number of carboxylic acids is 1. The van der Waals surface area contributed by atoms with Gasteiger partial charge in [0, 0.05) is 12.4 Å². The van der Waals surface area contributed by atoms with Gasteiger partial charge in [-0.3, -0.25) is 0 Å². The van der Waals surface area contributed by atoms with Gasteiger partial charge in [0.05, 0.1) is 5.52 Å². The van der Waals surface area contributed by atoms with Crippen LogP contribution in [0, 0.1) is 5.92 Å². The normalized spacial score (nSPS) is 12.4. The molecule has 3 N–H and O–H groups in total. The highest BCUT2D eigenvalue weighted by Gasteiger charge is 2.20. The standard InChI is InChI=1S/C15H20N4O2/c1-9(2)8-12(14(20)21)18-15-17-11-7-5-4-6-10(11)13(16-3)19-15/h4-7,9,12H,8H2,1-3H3,(H,20,21)(H2,16,17,18,19)/t12-/m1/s1. The van der Waals surface area contributed by atoms with Crippen LogP contribution in [0.15, 0.2) is 24.3 Å². The van der Waals surface area contributed by atoms with Crippen molar-refractivity contribution in [3.63, 3.8) is 0 Å². The van der Waals surface area contributed by atoms with Crippen LogP contribution in [-0.4, -0.2) is 34.1 Å². The van der Waals surface area contributed by atoms with E-state index in [9.17, 15) is 9.90 Å². The molecule has 6 nitrogen and oxygen atoms in total. The first-order chi connectivity index (χ1) is 10.0. The number of aromatic nitrogens is 2. The van der Waals surface area contributed by atoms with E-state index in [4.69, 9.17) is 0 Å². The lowest BCUT2D eigenvalue weighted by molar-refractivity contribution is -0.138. The van der Waals surface area contributed by atoms with Crippen molar-refractivity contribution in [1.29, 1.82) is 0 Å². The molecule has 21 heavy (non-hydrogen) atoms. The third kappa shape index (κ3) is 3.59. The fourth-order valence-corrected chi connectivity index (χ4v) is 2.18. The Morgan fingerprint density at radius 3 is 2.62 bits per heavy atom. The van der Waals surface area contributed by atoms with Gasteiger partial charge in [-0.15, -0.1) is 0 Å². The summed E-state index contributed by atoms with van der Waals surface area (Å²) in [7, 11) is 1.78. The topological polar surface area (TPSA) is 87.1 Å². The number of rotatable bonds is 6. The zero-order chi connectivity index (χ0) is 15.4. The number of hydrogen-bond acceptors (Lipinski definition) is 5. The molecule has 6 heteroatoms. The molecule has 0 radical (unpaired) electrons. The Kier molecular flexibility index (Phi) is 4.57. The Morgan fingerprint density at radius 2 is 2.00 bits per heavy atom. The van der Waals surface area contributed by atoms with Crippen LogP contribution in [0.5, 0.6) is 0 Å². The second-order valence-electron chi connectivity index (χ2n) is 5.33. The predicted molar refractivity (Wildman–Crippen MR) is 83.6 cm³/mol. The van der Waals surface area contributed by atoms with Gasteiger partial charge in [-0.25, -0.2) is 9.78 Å². The van der Waals surface area contributed by atoms with Crippen molar-refractivity contribution in [2.45, 2.75) is 26.3 Å². The summed E-state index contributed by atoms with van der Waals surface area (Å²) in [6, 6.07) is 6.91. The van der Waals surface area contributed by atoms with E-state index in [1.807, 2.05) is 38.1 Å². The van der Waals surface area contributed by atoms with Crippen molar-refractivity contribution >= 4 is 28.6 Å². The Hall–Kier alpha value is -2.37. The van der Waals surface area contributed by atoms with E-state index < -0.39 is 12.0 Å². The van der Waals surface area contributed by atoms with Crippen LogP contribution in [0.25, 0.3) is 10.9 Å². The Bertz CT molecular complexity index is 643. The molecule has 1 atom stereocenters. The summed E-state index contributed by atoms with van der Waals surface area (Å²) >= 11 is 0. The summed E-state index contributed by atoms with van der Waals surface area (Å²) in [5.41, 5.74) is 0.771. The van der Waals surface area contributed by atoms with E-state index in [2.05, 4.69) is 20.6 Å². The van der Waals surface area contributed by atoms with Crippen molar-refractivity contribution in [2.75, 3.05) is 17.7 Å². The maximum Gasteiger partial charge on any atom is 0.326 e. The predicted octanol–water partition coefficient (Wildman–Crippen LogP) is 2.58. The van der Waals surface area contributed by atoms with Gasteiger partial charge in [0.1, 0.15) is 11.9 Å². The number of benzene rings is 1. The van der Waals surface area contributed by atoms with Gasteiger partial charge in [0.25, 0.3) is 0 Å². The molecule has 0 amide bonds. The molecule has 0 spiro atoms. The van der Waals surface area contributed by atoms with Gasteiger partial charge in [-0.05, 0) is 24.5 Å². The fourth-order valence-electron chi connectivity index (χ4n) is 2.18. The van der Waals surface area contributed by atoms with Crippen LogP contribution in [-0.2, 0) is 4.79 Å². The molecule has 2 aromatic rings. The summed E-state index contributed by atoms with van der Waals surface area (Å²) in [4.78, 5) is 20.1. The molecule has 0 aliphatic heterocycles. The van der Waals surface area contributed by atoms with Crippen molar-refractivity contribution in [2.24, 2.45) is 5.92 Å². The zero-order valence-electron chi connectivity index (χ0n) is 12.4. The van der Waals surface area contributed by atoms with E-state index >= 15 is 0 Å². The third-order valence-corrected chi connectivity index (χ3v) is 3.15. The summed E-state index contributed by atoms with van der Waals surface area (Å²) in [5, 5.41) is 16.1. The molecular formula is C15H20N4O2. The molecule has 112 valence electrons. The Morgan fingerprint density at radius 1 is 1.29 bits per heavy atom. The van der Waals surface area contributed by atoms with E-state index in [0.717, 1.165) is 10.9 Å². The van der Waals surface area contributed by atoms with Crippen LogP contribution in [0.1, 0.15) is 20.3 Å². The highest BCUT2D eigenvalue weighted by molar-refractivity contribution is 5.90. The number of carbonyl (C=O) groups is 1. The van der Waals surface area contributed by atoms with Gasteiger partial charge in [0.15, 0.2) is 0 Å². The van der Waals surface area contributed by atoms with Crippen LogP contribution >= 0.6 is 0 Å². The maximum atomic E-state index is 11.3. The number of aliphatic carboxylic acids is 1. The number of para-hydroxylation sites is 1. The zero-order valence-corrected chi connectivity index (χ0v) is 12.4. The van der Waals surface area contributed by atoms with Crippen LogP contribution in [0.3, 0.4) is 0 Å². The molecule has 1 heterocycles. The molecule has 1 aromatic carbocycles. The number of anilines is 2. The average molecular weight is 288 g/mol. The van der Waals surface area contributed by atoms with Gasteiger partial charge >= 0.3 is 5.97 Å². The van der Waals surface area contributed by atoms with E-state index in [1.165, 1.54) is 0 Å². The van der Waals surface area contributed by atoms with E-state index in [-0.39, 0.29) is 5.92 Å². The van der Waals surface area contributed by atoms with Crippen molar-refractivity contribution in [1.82, 2.24) is 9.97 Å². The highest BCUT2D eigenvalue weighted by atomic mass is 16.4. The van der Waals surface area contributed by atoms with Gasteiger partial charge in [-0.1, -0.05) is 26.0 Å². The number of fused-ring (bicyclic) bond motifs is 1. The smallest absolute Gasteiger partial charge is 0.326 e. The quantitative estimate of drug-likeness (QED) is 0.757. The van der Waals surface area contributed by atoms with Crippen molar-refractivity contribution in [3.8, 4) is 0 Å². The van der Waals surface area contributed by atoms with Crippen molar-refractivity contribution in [3.05, 3.63) is 24.3 Å². The second-order valence-corrected chi connectivity index (χ2v) is 5.33. The largest absolute Gasteiger partial charge is 0.480 e. The number of nitrogens with zero attached hydrogens (tertiary/aromatic N) is 2. The Balaban J connectivity index is 2.35. The second kappa shape index (κ2) is 6.39. The minimum absolute atomic E-state index is 0.267. The minimum atomic E-state index is -0.897. The lowest BCUT2D eigenvalue weighted by atomic mass is 10.0. The molecule has 0 aliphatic rings. The molecule has 0 unspecified atom stereocenters. The molecule has 0 saturated carbocycles. The van der Waals surface area contributed by atoms with Gasteiger partial charge in [0.2, 0.25) is 5.95 Å². The molecule has 0 bridgehead atoms. The summed E-state index contributed by atoms with van der Waals surface area (Å²) in [5.74, 6) is 0.372. The van der Waals surface area contributed by atoms with Crippen LogP contribution in [0.2, 0.25) is 0 Å². The number of nitrogens with one attached hydrogen (secondary N) is 2. The number of hydrogen-bond donors (Lipinski definition) is 3. The molecule has 0 fully saturated rings. The minimum Gasteiger partial charge on any atom is -0.480 e.